The topological polar surface area (TPSA) is 66.1 Å². The average Bonchev–Trinajstić information content (AvgIpc) is 2.53. The van der Waals surface area contributed by atoms with E-state index < -0.39 is 0 Å². The van der Waals surface area contributed by atoms with E-state index in [-0.39, 0.29) is 18.1 Å². The van der Waals surface area contributed by atoms with Gasteiger partial charge in [0, 0.05) is 12.3 Å². The van der Waals surface area contributed by atoms with E-state index in [4.69, 9.17) is 0 Å². The zero-order valence-corrected chi connectivity index (χ0v) is 7.50. The maximum atomic E-state index is 10.4. The number of rotatable bonds is 2. The Kier molecular flexibility index (Phi) is 6.51. The van der Waals surface area contributed by atoms with Crippen molar-refractivity contribution in [2.75, 3.05) is 6.61 Å². The van der Waals surface area contributed by atoms with Gasteiger partial charge in [-0.3, -0.25) is 4.79 Å². The number of carbonyl (C=O) groups is 1. The molecule has 0 aromatic heterocycles. The minimum Gasteiger partial charge on any atom is -0.349 e. The lowest BCUT2D eigenvalue weighted by Gasteiger charge is -1.82. The molecule has 1 aliphatic heterocycles. The molecular formula is C9H12NO3. The Balaban J connectivity index is 0.000000252. The molecule has 1 aliphatic rings. The second kappa shape index (κ2) is 7.28. The van der Waals surface area contributed by atoms with Crippen LogP contribution in [-0.4, -0.2) is 18.3 Å². The summed E-state index contributed by atoms with van der Waals surface area (Å²) in [5.74, 6) is 1.15. The van der Waals surface area contributed by atoms with Crippen LogP contribution in [0.4, 0.5) is 0 Å². The van der Waals surface area contributed by atoms with Crippen molar-refractivity contribution >= 4 is 11.7 Å². The quantitative estimate of drug-likeness (QED) is 0.502. The van der Waals surface area contributed by atoms with Crippen molar-refractivity contribution in [3.8, 4) is 0 Å². The molecule has 0 saturated heterocycles. The van der Waals surface area contributed by atoms with Crippen molar-refractivity contribution < 1.29 is 14.7 Å². The van der Waals surface area contributed by atoms with Crippen molar-refractivity contribution in [2.24, 2.45) is 0 Å². The molecule has 4 heteroatoms. The lowest BCUT2D eigenvalue weighted by molar-refractivity contribution is -0.111. The lowest BCUT2D eigenvalue weighted by Crippen LogP contribution is -2.05. The van der Waals surface area contributed by atoms with Gasteiger partial charge in [-0.25, -0.2) is 9.90 Å². The number of carbonyl (C=O) groups excluding carboxylic acids is 2. The van der Waals surface area contributed by atoms with Gasteiger partial charge in [0.2, 0.25) is 5.78 Å². The summed E-state index contributed by atoms with van der Waals surface area (Å²) in [4.78, 5) is 20.1. The van der Waals surface area contributed by atoms with Crippen LogP contribution in [0.1, 0.15) is 19.8 Å². The molecule has 71 valence electrons. The molecule has 1 radical (unpaired) electrons. The fourth-order valence-corrected chi connectivity index (χ4v) is 0.579. The smallest absolute Gasteiger partial charge is 0.214 e. The number of ketones is 1. The van der Waals surface area contributed by atoms with Gasteiger partial charge in [-0.2, -0.15) is 0 Å². The molecule has 0 bridgehead atoms. The first-order valence-corrected chi connectivity index (χ1v) is 4.06. The summed E-state index contributed by atoms with van der Waals surface area (Å²) in [6, 6.07) is 0. The van der Waals surface area contributed by atoms with Crippen molar-refractivity contribution in [3.63, 3.8) is 0 Å². The number of hydrogen-bond donors (Lipinski definition) is 1. The summed E-state index contributed by atoms with van der Waals surface area (Å²) >= 11 is 0. The van der Waals surface area contributed by atoms with Crippen molar-refractivity contribution in [1.82, 2.24) is 5.32 Å². The van der Waals surface area contributed by atoms with E-state index in [0.29, 0.717) is 0 Å². The van der Waals surface area contributed by atoms with Gasteiger partial charge in [-0.05, 0) is 6.42 Å². The Bertz CT molecular complexity index is 237. The van der Waals surface area contributed by atoms with Crippen molar-refractivity contribution in [2.45, 2.75) is 19.8 Å². The van der Waals surface area contributed by atoms with Gasteiger partial charge in [-0.1, -0.05) is 13.3 Å². The van der Waals surface area contributed by atoms with Crippen LogP contribution in [0.5, 0.6) is 0 Å². The van der Waals surface area contributed by atoms with E-state index >= 15 is 0 Å². The molecular weight excluding hydrogens is 170 g/mol. The first-order chi connectivity index (χ1) is 6.26. The molecule has 0 aliphatic carbocycles. The van der Waals surface area contributed by atoms with E-state index in [2.05, 4.69) is 5.32 Å². The van der Waals surface area contributed by atoms with E-state index in [1.807, 2.05) is 6.92 Å². The maximum absolute atomic E-state index is 10.4. The second-order valence-corrected chi connectivity index (χ2v) is 2.38. The van der Waals surface area contributed by atoms with Crippen LogP contribution in [0.3, 0.4) is 0 Å². The predicted octanol–water partition coefficient (Wildman–Crippen LogP) is 0.605. The summed E-state index contributed by atoms with van der Waals surface area (Å²) in [5, 5.41) is 11.9. The molecule has 1 rings (SSSR count). The van der Waals surface area contributed by atoms with Crippen LogP contribution in [0.25, 0.3) is 0 Å². The molecule has 1 N–H and O–H groups in total. The van der Waals surface area contributed by atoms with Gasteiger partial charge in [0.15, 0.2) is 11.6 Å². The van der Waals surface area contributed by atoms with Crippen molar-refractivity contribution in [3.05, 3.63) is 18.0 Å². The minimum absolute atomic E-state index is 0.00926. The zero-order valence-electron chi connectivity index (χ0n) is 7.50. The number of nitrogens with one attached hydrogen (secondary N) is 1. The monoisotopic (exact) mass is 182 g/mol. The average molecular weight is 182 g/mol. The number of allylic oxidation sites excluding steroid dienone is 1. The van der Waals surface area contributed by atoms with E-state index in [1.54, 1.807) is 0 Å². The highest BCUT2D eigenvalue weighted by atomic mass is 16.2. The molecule has 0 spiro atoms. The summed E-state index contributed by atoms with van der Waals surface area (Å²) in [7, 11) is 0. The molecule has 0 amide bonds. The summed E-state index contributed by atoms with van der Waals surface area (Å²) in [6.07, 6.45) is 4.55. The van der Waals surface area contributed by atoms with Crippen LogP contribution < -0.4 is 5.32 Å². The zero-order chi connectivity index (χ0) is 10.1. The molecule has 0 unspecified atom stereocenters. The van der Waals surface area contributed by atoms with Crippen LogP contribution >= 0.6 is 0 Å². The Morgan fingerprint density at radius 3 is 2.38 bits per heavy atom. The molecule has 0 fully saturated rings. The molecule has 4 nitrogen and oxygen atoms in total. The molecule has 0 atom stereocenters. The van der Waals surface area contributed by atoms with Crippen LogP contribution in [0.2, 0.25) is 0 Å². The third-order valence-corrected chi connectivity index (χ3v) is 1.31. The Morgan fingerprint density at radius 1 is 1.54 bits per heavy atom. The fourth-order valence-electron chi connectivity index (χ4n) is 0.579. The van der Waals surface area contributed by atoms with Crippen LogP contribution in [-0.2, 0) is 14.7 Å². The molecule has 0 aromatic rings. The highest BCUT2D eigenvalue weighted by molar-refractivity contribution is 6.10. The Morgan fingerprint density at radius 2 is 2.23 bits per heavy atom. The highest BCUT2D eigenvalue weighted by Crippen LogP contribution is 1.94. The van der Waals surface area contributed by atoms with Gasteiger partial charge < -0.3 is 5.32 Å². The standard InChI is InChI=1S/C5H3NO2.C4H9O/c7-3-4-5(8)1-2-6-4;1-2-3-4-5/h1-2,6H;2-4H2,1H3. The Hall–Kier alpha value is -1.38. The first-order valence-electron chi connectivity index (χ1n) is 4.06. The lowest BCUT2D eigenvalue weighted by atomic mass is 10.4. The van der Waals surface area contributed by atoms with Gasteiger partial charge >= 0.3 is 0 Å². The molecule has 13 heavy (non-hydrogen) atoms. The number of unbranched alkanes of at least 4 members (excludes halogenated alkanes) is 1. The molecule has 1 heterocycles. The van der Waals surface area contributed by atoms with E-state index in [1.165, 1.54) is 18.2 Å². The third kappa shape index (κ3) is 4.95. The summed E-state index contributed by atoms with van der Waals surface area (Å²) in [6.45, 7) is 2.11. The van der Waals surface area contributed by atoms with E-state index in [9.17, 15) is 14.7 Å². The van der Waals surface area contributed by atoms with Crippen molar-refractivity contribution in [1.29, 1.82) is 0 Å². The maximum Gasteiger partial charge on any atom is 0.214 e. The normalized spacial score (nSPS) is 13.1. The summed E-state index contributed by atoms with van der Waals surface area (Å²) < 4.78 is 0. The van der Waals surface area contributed by atoms with Gasteiger partial charge in [0.25, 0.3) is 0 Å². The van der Waals surface area contributed by atoms with Gasteiger partial charge in [0.1, 0.15) is 0 Å². The van der Waals surface area contributed by atoms with Gasteiger partial charge in [-0.15, -0.1) is 0 Å². The Labute approximate surface area is 76.9 Å². The summed E-state index contributed by atoms with van der Waals surface area (Å²) in [5.41, 5.74) is -0.00926. The van der Waals surface area contributed by atoms with Gasteiger partial charge in [0.05, 0.1) is 6.61 Å². The predicted molar refractivity (Wildman–Crippen MR) is 47.0 cm³/mol. The largest absolute Gasteiger partial charge is 0.349 e. The SMILES string of the molecule is CCCC[O].O=C=C1NC=CC1=O. The van der Waals surface area contributed by atoms with Crippen LogP contribution in [0, 0.1) is 0 Å². The third-order valence-electron chi connectivity index (χ3n) is 1.31. The molecule has 0 saturated carbocycles. The minimum atomic E-state index is -0.306. The second-order valence-electron chi connectivity index (χ2n) is 2.38. The fraction of sp³-hybridized carbons (Fsp3) is 0.444. The first kappa shape index (κ1) is 11.6. The van der Waals surface area contributed by atoms with Crippen LogP contribution in [0.15, 0.2) is 18.0 Å². The number of hydrogen-bond acceptors (Lipinski definition) is 3. The highest BCUT2D eigenvalue weighted by Gasteiger charge is 2.09. The molecule has 0 aromatic carbocycles. The van der Waals surface area contributed by atoms with E-state index in [0.717, 1.165) is 12.8 Å².